The molecule has 27 heavy (non-hydrogen) atoms. The zero-order chi connectivity index (χ0) is 19.3. The van der Waals surface area contributed by atoms with Crippen LogP contribution in [0.4, 0.5) is 5.69 Å². The van der Waals surface area contributed by atoms with E-state index in [1.165, 1.54) is 19.1 Å². The molecule has 0 amide bonds. The highest BCUT2D eigenvalue weighted by Gasteiger charge is 2.15. The van der Waals surface area contributed by atoms with E-state index in [2.05, 4.69) is 16.6 Å². The van der Waals surface area contributed by atoms with E-state index >= 15 is 0 Å². The summed E-state index contributed by atoms with van der Waals surface area (Å²) in [5.74, 6) is 5.87. The highest BCUT2D eigenvalue weighted by molar-refractivity contribution is 7.92. The van der Waals surface area contributed by atoms with Gasteiger partial charge in [-0.3, -0.25) is 9.52 Å². The molecule has 0 saturated heterocycles. The van der Waals surface area contributed by atoms with Gasteiger partial charge in [0.25, 0.3) is 10.0 Å². The molecular formula is C22H17NO3S. The van der Waals surface area contributed by atoms with Crippen molar-refractivity contribution >= 4 is 21.5 Å². The number of ketones is 1. The molecule has 0 saturated carbocycles. The van der Waals surface area contributed by atoms with Gasteiger partial charge in [-0.15, -0.1) is 0 Å². The van der Waals surface area contributed by atoms with Crippen molar-refractivity contribution in [3.8, 4) is 11.8 Å². The average Bonchev–Trinajstić information content (AvgIpc) is 2.67. The van der Waals surface area contributed by atoms with Crippen molar-refractivity contribution in [1.82, 2.24) is 0 Å². The van der Waals surface area contributed by atoms with Crippen molar-refractivity contribution < 1.29 is 13.2 Å². The lowest BCUT2D eigenvalue weighted by Crippen LogP contribution is -2.13. The summed E-state index contributed by atoms with van der Waals surface area (Å²) in [6.07, 6.45) is 0. The molecule has 1 N–H and O–H groups in total. The van der Waals surface area contributed by atoms with E-state index in [9.17, 15) is 13.2 Å². The Kier molecular flexibility index (Phi) is 5.39. The third-order valence-corrected chi connectivity index (χ3v) is 5.17. The van der Waals surface area contributed by atoms with Gasteiger partial charge in [0.1, 0.15) is 0 Å². The summed E-state index contributed by atoms with van der Waals surface area (Å²) in [6.45, 7) is 1.40. The summed E-state index contributed by atoms with van der Waals surface area (Å²) in [7, 11) is -3.80. The van der Waals surface area contributed by atoms with E-state index in [0.29, 0.717) is 16.8 Å². The lowest BCUT2D eigenvalue weighted by molar-refractivity contribution is 0.101. The second-order valence-corrected chi connectivity index (χ2v) is 7.57. The molecular weight excluding hydrogens is 358 g/mol. The van der Waals surface area contributed by atoms with Crippen molar-refractivity contribution in [2.45, 2.75) is 11.8 Å². The second kappa shape index (κ2) is 7.90. The van der Waals surface area contributed by atoms with Gasteiger partial charge in [-0.1, -0.05) is 48.2 Å². The number of benzene rings is 3. The second-order valence-electron chi connectivity index (χ2n) is 5.89. The molecule has 3 aromatic carbocycles. The molecule has 5 heteroatoms. The minimum Gasteiger partial charge on any atom is -0.295 e. The molecule has 0 aliphatic heterocycles. The Labute approximate surface area is 158 Å². The number of carbonyl (C=O) groups excluding carboxylic acids is 1. The van der Waals surface area contributed by atoms with Crippen LogP contribution in [-0.2, 0) is 10.0 Å². The maximum absolute atomic E-state index is 12.6. The molecule has 0 unspecified atom stereocenters. The van der Waals surface area contributed by atoms with Crippen molar-refractivity contribution in [3.05, 3.63) is 95.6 Å². The van der Waals surface area contributed by atoms with Crippen LogP contribution in [0.2, 0.25) is 0 Å². The van der Waals surface area contributed by atoms with Crippen LogP contribution in [0, 0.1) is 11.8 Å². The minimum atomic E-state index is -3.80. The average molecular weight is 375 g/mol. The predicted molar refractivity (Wildman–Crippen MR) is 106 cm³/mol. The van der Waals surface area contributed by atoms with Crippen LogP contribution < -0.4 is 4.72 Å². The van der Waals surface area contributed by atoms with Gasteiger partial charge < -0.3 is 0 Å². The van der Waals surface area contributed by atoms with Crippen LogP contribution in [0.25, 0.3) is 0 Å². The molecule has 0 radical (unpaired) electrons. The molecule has 0 aliphatic rings. The summed E-state index contributed by atoms with van der Waals surface area (Å²) >= 11 is 0. The van der Waals surface area contributed by atoms with Gasteiger partial charge in [0.15, 0.2) is 5.78 Å². The lowest BCUT2D eigenvalue weighted by atomic mass is 10.2. The molecule has 4 nitrogen and oxygen atoms in total. The Morgan fingerprint density at radius 3 is 2.22 bits per heavy atom. The number of hydrogen-bond donors (Lipinski definition) is 1. The predicted octanol–water partition coefficient (Wildman–Crippen LogP) is 4.09. The van der Waals surface area contributed by atoms with Crippen molar-refractivity contribution in [3.63, 3.8) is 0 Å². The number of nitrogens with one attached hydrogen (secondary N) is 1. The number of carbonyl (C=O) groups is 1. The van der Waals surface area contributed by atoms with Gasteiger partial charge in [0, 0.05) is 16.7 Å². The fourth-order valence-electron chi connectivity index (χ4n) is 2.42. The first-order valence-electron chi connectivity index (χ1n) is 8.25. The number of Topliss-reactive ketones (excluding diaryl/α,β-unsaturated/α-hetero) is 1. The number of anilines is 1. The third-order valence-electron chi connectivity index (χ3n) is 3.79. The maximum Gasteiger partial charge on any atom is 0.261 e. The summed E-state index contributed by atoms with van der Waals surface area (Å²) in [5, 5.41) is 0. The number of hydrogen-bond acceptors (Lipinski definition) is 3. The van der Waals surface area contributed by atoms with E-state index in [-0.39, 0.29) is 10.7 Å². The highest BCUT2D eigenvalue weighted by atomic mass is 32.2. The Morgan fingerprint density at radius 1 is 0.815 bits per heavy atom. The number of sulfonamides is 1. The van der Waals surface area contributed by atoms with Crippen LogP contribution in [0.1, 0.15) is 28.4 Å². The van der Waals surface area contributed by atoms with Gasteiger partial charge in [0.2, 0.25) is 0 Å². The van der Waals surface area contributed by atoms with Gasteiger partial charge in [-0.05, 0) is 49.4 Å². The van der Waals surface area contributed by atoms with Gasteiger partial charge in [0.05, 0.1) is 10.6 Å². The molecule has 134 valence electrons. The largest absolute Gasteiger partial charge is 0.295 e. The molecule has 0 fully saturated rings. The minimum absolute atomic E-state index is 0.0379. The SMILES string of the molecule is CC(=O)c1cccc(S(=O)(=O)Nc2cccc(C#Cc3ccccc3)c2)c1. The fourth-order valence-corrected chi connectivity index (χ4v) is 3.52. The fraction of sp³-hybridized carbons (Fsp3) is 0.0455. The zero-order valence-electron chi connectivity index (χ0n) is 14.6. The van der Waals surface area contributed by atoms with Gasteiger partial charge in [-0.2, -0.15) is 0 Å². The monoisotopic (exact) mass is 375 g/mol. The van der Waals surface area contributed by atoms with Crippen molar-refractivity contribution in [2.24, 2.45) is 0 Å². The van der Waals surface area contributed by atoms with Crippen molar-refractivity contribution in [1.29, 1.82) is 0 Å². The number of rotatable bonds is 4. The van der Waals surface area contributed by atoms with E-state index in [0.717, 1.165) is 5.56 Å². The summed E-state index contributed by atoms with van der Waals surface area (Å²) < 4.78 is 27.7. The van der Waals surface area contributed by atoms with E-state index < -0.39 is 10.0 Å². The van der Waals surface area contributed by atoms with Crippen LogP contribution in [-0.4, -0.2) is 14.2 Å². The Morgan fingerprint density at radius 2 is 1.48 bits per heavy atom. The molecule has 0 spiro atoms. The van der Waals surface area contributed by atoms with E-state index in [4.69, 9.17) is 0 Å². The first kappa shape index (κ1) is 18.4. The normalized spacial score (nSPS) is 10.6. The third kappa shape index (κ3) is 4.84. The zero-order valence-corrected chi connectivity index (χ0v) is 15.5. The van der Waals surface area contributed by atoms with E-state index in [1.807, 2.05) is 36.4 Å². The lowest BCUT2D eigenvalue weighted by Gasteiger charge is -2.09. The first-order valence-corrected chi connectivity index (χ1v) is 9.73. The van der Waals surface area contributed by atoms with Crippen LogP contribution in [0.3, 0.4) is 0 Å². The molecule has 0 heterocycles. The maximum atomic E-state index is 12.6. The first-order chi connectivity index (χ1) is 12.9. The van der Waals surface area contributed by atoms with Crippen LogP contribution in [0.5, 0.6) is 0 Å². The molecule has 3 aromatic rings. The Hall–Kier alpha value is -3.36. The molecule has 0 aliphatic carbocycles. The smallest absolute Gasteiger partial charge is 0.261 e. The van der Waals surface area contributed by atoms with Crippen LogP contribution >= 0.6 is 0 Å². The van der Waals surface area contributed by atoms with Crippen molar-refractivity contribution in [2.75, 3.05) is 4.72 Å². The summed E-state index contributed by atoms with van der Waals surface area (Å²) in [4.78, 5) is 11.5. The van der Waals surface area contributed by atoms with Gasteiger partial charge >= 0.3 is 0 Å². The molecule has 0 atom stereocenters. The molecule has 0 aromatic heterocycles. The quantitative estimate of drug-likeness (QED) is 0.552. The standard InChI is InChI=1S/C22H17NO3S/c1-17(24)20-10-6-12-22(16-20)27(25,26)23-21-11-5-9-19(15-21)14-13-18-7-3-2-4-8-18/h2-12,15-16,23H,1H3. The molecule has 0 bridgehead atoms. The van der Waals surface area contributed by atoms with Crippen LogP contribution in [0.15, 0.2) is 83.8 Å². The topological polar surface area (TPSA) is 63.2 Å². The Balaban J connectivity index is 1.85. The van der Waals surface area contributed by atoms with Gasteiger partial charge in [-0.25, -0.2) is 8.42 Å². The summed E-state index contributed by atoms with van der Waals surface area (Å²) in [6, 6.07) is 22.4. The van der Waals surface area contributed by atoms with E-state index in [1.54, 1.807) is 30.3 Å². The summed E-state index contributed by atoms with van der Waals surface area (Å²) in [5.41, 5.74) is 2.32. The highest BCUT2D eigenvalue weighted by Crippen LogP contribution is 2.18. The Bertz CT molecular complexity index is 1140. The molecule has 3 rings (SSSR count).